The first-order valence-corrected chi connectivity index (χ1v) is 13.2. The molecule has 3 N–H and O–H groups in total. The molecule has 0 aromatic rings. The molecule has 5 nitrogen and oxygen atoms in total. The predicted molar refractivity (Wildman–Crippen MR) is 111 cm³/mol. The summed E-state index contributed by atoms with van der Waals surface area (Å²) in [5.74, 6) is -1.44. The third kappa shape index (κ3) is 7.33. The third-order valence-corrected chi connectivity index (χ3v) is 10.7. The van der Waals surface area contributed by atoms with E-state index in [0.29, 0.717) is 12.8 Å². The van der Waals surface area contributed by atoms with Crippen LogP contribution in [0.15, 0.2) is 12.2 Å². The highest BCUT2D eigenvalue weighted by Crippen LogP contribution is 2.44. The van der Waals surface area contributed by atoms with Gasteiger partial charge in [0.05, 0.1) is 24.7 Å². The van der Waals surface area contributed by atoms with E-state index in [2.05, 4.69) is 40.8 Å². The molecule has 6 heteroatoms. The van der Waals surface area contributed by atoms with Crippen LogP contribution in [0.1, 0.15) is 66.2 Å². The van der Waals surface area contributed by atoms with E-state index in [0.717, 1.165) is 19.3 Å². The van der Waals surface area contributed by atoms with Crippen LogP contribution in [0.5, 0.6) is 0 Å². The van der Waals surface area contributed by atoms with E-state index in [-0.39, 0.29) is 29.4 Å². The van der Waals surface area contributed by atoms with E-state index in [1.807, 2.05) is 6.08 Å². The summed E-state index contributed by atoms with van der Waals surface area (Å²) in [4.78, 5) is 11.4. The van der Waals surface area contributed by atoms with E-state index in [1.165, 1.54) is 0 Å². The van der Waals surface area contributed by atoms with Gasteiger partial charge in [0.25, 0.3) is 0 Å². The summed E-state index contributed by atoms with van der Waals surface area (Å²) in [6, 6.07) is 0. The molecule has 1 aliphatic rings. The lowest BCUT2D eigenvalue weighted by atomic mass is 9.90. The fraction of sp³-hybridized carbons (Fsp3) is 0.857. The Labute approximate surface area is 166 Å². The molecule has 0 radical (unpaired) electrons. The molecule has 1 aliphatic carbocycles. The molecule has 1 rings (SSSR count). The smallest absolute Gasteiger partial charge is 0.303 e. The lowest BCUT2D eigenvalue weighted by molar-refractivity contribution is -0.139. The normalized spacial score (nSPS) is 28.0. The van der Waals surface area contributed by atoms with Gasteiger partial charge in [-0.15, -0.1) is 0 Å². The van der Waals surface area contributed by atoms with Crippen molar-refractivity contribution in [2.45, 2.75) is 103 Å². The molecule has 0 bridgehead atoms. The van der Waals surface area contributed by atoms with Crippen molar-refractivity contribution in [3.05, 3.63) is 12.2 Å². The summed E-state index contributed by atoms with van der Waals surface area (Å²) in [7, 11) is -2.07. The predicted octanol–water partition coefficient (Wildman–Crippen LogP) is 4.35. The van der Waals surface area contributed by atoms with Crippen molar-refractivity contribution in [3.63, 3.8) is 0 Å². The van der Waals surface area contributed by atoms with Crippen LogP contribution >= 0.6 is 0 Å². The van der Waals surface area contributed by atoms with Crippen LogP contribution in [0.3, 0.4) is 0 Å². The summed E-state index contributed by atoms with van der Waals surface area (Å²) >= 11 is 0. The average molecular weight is 401 g/mol. The number of aliphatic hydroxyl groups is 2. The van der Waals surface area contributed by atoms with Crippen LogP contribution < -0.4 is 0 Å². The van der Waals surface area contributed by atoms with Gasteiger partial charge in [-0.25, -0.2) is 0 Å². The van der Waals surface area contributed by atoms with Gasteiger partial charge in [-0.1, -0.05) is 59.1 Å². The Morgan fingerprint density at radius 1 is 1.30 bits per heavy atom. The molecular formula is C21H40O5Si. The summed E-state index contributed by atoms with van der Waals surface area (Å²) in [6.45, 7) is 12.9. The van der Waals surface area contributed by atoms with E-state index >= 15 is 0 Å². The average Bonchev–Trinajstić information content (AvgIpc) is 2.78. The van der Waals surface area contributed by atoms with E-state index < -0.39 is 26.5 Å². The molecule has 0 spiro atoms. The lowest BCUT2D eigenvalue weighted by Gasteiger charge is -2.40. The zero-order valence-electron chi connectivity index (χ0n) is 17.9. The molecule has 0 saturated heterocycles. The highest BCUT2D eigenvalue weighted by atomic mass is 28.4. The van der Waals surface area contributed by atoms with Crippen LogP contribution in [0, 0.1) is 11.8 Å². The summed E-state index contributed by atoms with van der Waals surface area (Å²) < 4.78 is 6.48. The second kappa shape index (κ2) is 10.2. The molecule has 158 valence electrons. The van der Waals surface area contributed by atoms with Crippen molar-refractivity contribution in [1.82, 2.24) is 0 Å². The molecule has 1 fully saturated rings. The fourth-order valence-electron chi connectivity index (χ4n) is 3.49. The highest BCUT2D eigenvalue weighted by Gasteiger charge is 2.47. The van der Waals surface area contributed by atoms with Crippen molar-refractivity contribution >= 4 is 14.3 Å². The maximum Gasteiger partial charge on any atom is 0.303 e. The maximum absolute atomic E-state index is 11.4. The van der Waals surface area contributed by atoms with Crippen molar-refractivity contribution in [3.8, 4) is 0 Å². The largest absolute Gasteiger partial charge is 0.481 e. The van der Waals surface area contributed by atoms with Gasteiger partial charge in [0, 0.05) is 11.8 Å². The van der Waals surface area contributed by atoms with Crippen molar-refractivity contribution < 1.29 is 24.5 Å². The molecule has 0 aromatic carbocycles. The van der Waals surface area contributed by atoms with Gasteiger partial charge in [-0.3, -0.25) is 4.79 Å². The van der Waals surface area contributed by atoms with Gasteiger partial charge >= 0.3 is 5.97 Å². The number of hydrogen-bond donors (Lipinski definition) is 3. The molecule has 5 atom stereocenters. The van der Waals surface area contributed by atoms with Gasteiger partial charge in [0.2, 0.25) is 0 Å². The molecule has 0 amide bonds. The van der Waals surface area contributed by atoms with Crippen LogP contribution in [-0.2, 0) is 9.22 Å². The Hall–Kier alpha value is -0.693. The van der Waals surface area contributed by atoms with Gasteiger partial charge in [-0.05, 0) is 31.0 Å². The number of rotatable bonds is 10. The zero-order chi connectivity index (χ0) is 20.8. The van der Waals surface area contributed by atoms with Gasteiger partial charge in [-0.2, -0.15) is 0 Å². The first-order valence-electron chi connectivity index (χ1n) is 10.3. The fourth-order valence-corrected chi connectivity index (χ4v) is 4.87. The van der Waals surface area contributed by atoms with Crippen molar-refractivity contribution in [2.75, 3.05) is 0 Å². The molecular weight excluding hydrogens is 360 g/mol. The van der Waals surface area contributed by atoms with Crippen molar-refractivity contribution in [1.29, 1.82) is 0 Å². The summed E-state index contributed by atoms with van der Waals surface area (Å²) in [5.41, 5.74) is 0. The number of hydrogen-bond acceptors (Lipinski definition) is 4. The monoisotopic (exact) mass is 400 g/mol. The number of carboxylic acid groups (broad SMARTS) is 1. The Morgan fingerprint density at radius 2 is 1.93 bits per heavy atom. The Kier molecular flexibility index (Phi) is 9.19. The highest BCUT2D eigenvalue weighted by molar-refractivity contribution is 6.74. The van der Waals surface area contributed by atoms with Crippen molar-refractivity contribution in [2.24, 2.45) is 11.8 Å². The quantitative estimate of drug-likeness (QED) is 0.288. The zero-order valence-corrected chi connectivity index (χ0v) is 18.9. The van der Waals surface area contributed by atoms with Crippen LogP contribution in [0.2, 0.25) is 18.1 Å². The van der Waals surface area contributed by atoms with E-state index in [9.17, 15) is 20.1 Å². The minimum atomic E-state index is -2.07. The number of aliphatic carboxylic acids is 1. The van der Waals surface area contributed by atoms with Gasteiger partial charge in [0.15, 0.2) is 8.32 Å². The molecule has 0 aliphatic heterocycles. The molecule has 0 aromatic heterocycles. The van der Waals surface area contributed by atoms with Crippen LogP contribution in [0.25, 0.3) is 0 Å². The first-order chi connectivity index (χ1) is 12.4. The SMILES string of the molecule is CCCCC[C@H](O)C=C[C@@H]1[C@H](CC(=O)O)[C@H](O[Si](C)(C)C(C)(C)C)C[C@@H]1O. The minimum absolute atomic E-state index is 0.0229. The summed E-state index contributed by atoms with van der Waals surface area (Å²) in [5, 5.41) is 30.1. The van der Waals surface area contributed by atoms with Crippen LogP contribution in [-0.4, -0.2) is 47.9 Å². The van der Waals surface area contributed by atoms with E-state index in [4.69, 9.17) is 4.43 Å². The Balaban J connectivity index is 2.89. The Bertz CT molecular complexity index is 497. The Morgan fingerprint density at radius 3 is 2.44 bits per heavy atom. The minimum Gasteiger partial charge on any atom is -0.481 e. The summed E-state index contributed by atoms with van der Waals surface area (Å²) in [6.07, 6.45) is 6.37. The number of aliphatic hydroxyl groups excluding tert-OH is 2. The lowest BCUT2D eigenvalue weighted by Crippen LogP contribution is -2.45. The van der Waals surface area contributed by atoms with Crippen LogP contribution in [0.4, 0.5) is 0 Å². The second-order valence-electron chi connectivity index (χ2n) is 9.51. The van der Waals surface area contributed by atoms with Gasteiger partial charge < -0.3 is 19.7 Å². The van der Waals surface area contributed by atoms with Gasteiger partial charge in [0.1, 0.15) is 0 Å². The molecule has 0 unspecified atom stereocenters. The first kappa shape index (κ1) is 24.3. The number of carboxylic acids is 1. The van der Waals surface area contributed by atoms with E-state index in [1.54, 1.807) is 6.08 Å². The number of carbonyl (C=O) groups is 1. The standard InChI is InChI=1S/C21H40O5Si/c1-7-8-9-10-15(22)11-12-16-17(13-20(24)25)19(14-18(16)23)26-27(5,6)21(2,3)4/h11-12,15-19,22-23H,7-10,13-14H2,1-6H3,(H,24,25)/t15-,16+,17-,18-,19+/m0/s1. The topological polar surface area (TPSA) is 87.0 Å². The molecule has 27 heavy (non-hydrogen) atoms. The maximum atomic E-state index is 11.4. The molecule has 0 heterocycles. The number of unbranched alkanes of at least 4 members (excludes halogenated alkanes) is 2. The third-order valence-electron chi connectivity index (χ3n) is 6.21. The second-order valence-corrected chi connectivity index (χ2v) is 14.3. The molecule has 1 saturated carbocycles.